The molecule has 16 heavy (non-hydrogen) atoms. The summed E-state index contributed by atoms with van der Waals surface area (Å²) in [6.07, 6.45) is -1.24. The Balaban J connectivity index is 2.62. The average molecular weight is 225 g/mol. The van der Waals surface area contributed by atoms with Gasteiger partial charge in [-0.25, -0.2) is 4.79 Å². The lowest BCUT2D eigenvalue weighted by molar-refractivity contribution is -0.147. The van der Waals surface area contributed by atoms with Gasteiger partial charge in [-0.05, 0) is 24.1 Å². The van der Waals surface area contributed by atoms with Crippen LogP contribution in [0.25, 0.3) is 0 Å². The van der Waals surface area contributed by atoms with Crippen LogP contribution >= 0.6 is 0 Å². The van der Waals surface area contributed by atoms with Crippen molar-refractivity contribution in [1.82, 2.24) is 0 Å². The molecule has 2 atom stereocenters. The Morgan fingerprint density at radius 2 is 2.00 bits per heavy atom. The molecule has 1 aromatic carbocycles. The van der Waals surface area contributed by atoms with Gasteiger partial charge < -0.3 is 20.7 Å². The van der Waals surface area contributed by atoms with E-state index in [1.54, 1.807) is 31.4 Å². The van der Waals surface area contributed by atoms with Crippen LogP contribution < -0.4 is 10.5 Å². The summed E-state index contributed by atoms with van der Waals surface area (Å²) in [5, 5.41) is 17.8. The van der Waals surface area contributed by atoms with Gasteiger partial charge in [0, 0.05) is 6.04 Å². The first kappa shape index (κ1) is 12.5. The van der Waals surface area contributed by atoms with Crippen molar-refractivity contribution >= 4 is 5.97 Å². The van der Waals surface area contributed by atoms with Gasteiger partial charge >= 0.3 is 5.97 Å². The van der Waals surface area contributed by atoms with Gasteiger partial charge in [0.15, 0.2) is 6.10 Å². The van der Waals surface area contributed by atoms with Gasteiger partial charge in [0.05, 0.1) is 7.11 Å². The lowest BCUT2D eigenvalue weighted by atomic mass is 10.0. The van der Waals surface area contributed by atoms with Gasteiger partial charge in [-0.15, -0.1) is 0 Å². The van der Waals surface area contributed by atoms with E-state index in [9.17, 15) is 9.90 Å². The van der Waals surface area contributed by atoms with Crippen molar-refractivity contribution in [2.45, 2.75) is 18.6 Å². The van der Waals surface area contributed by atoms with Crippen molar-refractivity contribution in [3.05, 3.63) is 29.8 Å². The average Bonchev–Trinajstić information content (AvgIpc) is 2.28. The van der Waals surface area contributed by atoms with E-state index in [2.05, 4.69) is 0 Å². The third kappa shape index (κ3) is 3.22. The van der Waals surface area contributed by atoms with Crippen LogP contribution in [0.3, 0.4) is 0 Å². The van der Waals surface area contributed by atoms with E-state index in [0.717, 1.165) is 11.3 Å². The number of carbonyl (C=O) groups is 1. The predicted molar refractivity (Wildman–Crippen MR) is 58.3 cm³/mol. The summed E-state index contributed by atoms with van der Waals surface area (Å²) < 4.78 is 4.99. The maximum atomic E-state index is 10.5. The number of rotatable bonds is 5. The van der Waals surface area contributed by atoms with E-state index in [1.807, 2.05) is 0 Å². The molecule has 1 aromatic rings. The molecule has 0 heterocycles. The highest BCUT2D eigenvalue weighted by Gasteiger charge is 2.22. The molecule has 4 N–H and O–H groups in total. The Morgan fingerprint density at radius 1 is 1.44 bits per heavy atom. The highest BCUT2D eigenvalue weighted by atomic mass is 16.5. The summed E-state index contributed by atoms with van der Waals surface area (Å²) in [5.74, 6) is -0.586. The Hall–Kier alpha value is -1.59. The Labute approximate surface area is 93.5 Å². The van der Waals surface area contributed by atoms with Crippen molar-refractivity contribution in [3.8, 4) is 5.75 Å². The van der Waals surface area contributed by atoms with Gasteiger partial charge in [-0.3, -0.25) is 0 Å². The maximum absolute atomic E-state index is 10.5. The van der Waals surface area contributed by atoms with Gasteiger partial charge in [0.2, 0.25) is 0 Å². The van der Waals surface area contributed by atoms with Crippen molar-refractivity contribution in [2.75, 3.05) is 7.11 Å². The molecule has 0 bridgehead atoms. The predicted octanol–water partition coefficient (Wildman–Crippen LogP) is 0.0105. The van der Waals surface area contributed by atoms with Gasteiger partial charge in [-0.2, -0.15) is 0 Å². The fourth-order valence-corrected chi connectivity index (χ4v) is 1.33. The second-order valence-electron chi connectivity index (χ2n) is 3.50. The summed E-state index contributed by atoms with van der Waals surface area (Å²) in [4.78, 5) is 10.5. The minimum absolute atomic E-state index is 0.303. The smallest absolute Gasteiger partial charge is 0.334 e. The summed E-state index contributed by atoms with van der Waals surface area (Å²) in [7, 11) is 1.56. The first-order valence-corrected chi connectivity index (χ1v) is 4.84. The molecule has 0 aromatic heterocycles. The van der Waals surface area contributed by atoms with E-state index in [0.29, 0.717) is 6.42 Å². The van der Waals surface area contributed by atoms with E-state index in [1.165, 1.54) is 0 Å². The summed E-state index contributed by atoms with van der Waals surface area (Å²) >= 11 is 0. The van der Waals surface area contributed by atoms with Crippen LogP contribution in [0, 0.1) is 0 Å². The number of methoxy groups -OCH3 is 1. The molecule has 2 unspecified atom stereocenters. The Kier molecular flexibility index (Phi) is 4.28. The summed E-state index contributed by atoms with van der Waals surface area (Å²) in [5.41, 5.74) is 6.41. The van der Waals surface area contributed by atoms with Crippen LogP contribution in [-0.2, 0) is 11.2 Å². The fourth-order valence-electron chi connectivity index (χ4n) is 1.33. The summed E-state index contributed by atoms with van der Waals surface area (Å²) in [6.45, 7) is 0. The molecular weight excluding hydrogens is 210 g/mol. The number of nitrogens with two attached hydrogens (primary N) is 1. The molecule has 0 amide bonds. The van der Waals surface area contributed by atoms with Gasteiger partial charge in [-0.1, -0.05) is 12.1 Å². The monoisotopic (exact) mass is 225 g/mol. The number of benzene rings is 1. The third-order valence-corrected chi connectivity index (χ3v) is 2.29. The van der Waals surface area contributed by atoms with Crippen molar-refractivity contribution < 1.29 is 19.7 Å². The lowest BCUT2D eigenvalue weighted by Crippen LogP contribution is -2.41. The fraction of sp³-hybridized carbons (Fsp3) is 0.364. The highest BCUT2D eigenvalue weighted by molar-refractivity contribution is 5.72. The number of hydrogen-bond donors (Lipinski definition) is 3. The maximum Gasteiger partial charge on any atom is 0.334 e. The normalized spacial score (nSPS) is 14.2. The Morgan fingerprint density at radius 3 is 2.44 bits per heavy atom. The molecule has 5 nitrogen and oxygen atoms in total. The minimum atomic E-state index is -1.54. The molecule has 0 aliphatic rings. The molecule has 0 fully saturated rings. The number of carboxylic acids is 1. The van der Waals surface area contributed by atoms with Crippen molar-refractivity contribution in [2.24, 2.45) is 5.73 Å². The minimum Gasteiger partial charge on any atom is -0.497 e. The molecule has 5 heteroatoms. The number of aliphatic hydroxyl groups is 1. The molecule has 0 aliphatic heterocycles. The SMILES string of the molecule is COc1ccc(CC(N)C(O)C(=O)O)cc1. The van der Waals surface area contributed by atoms with Crippen LogP contribution in [0.15, 0.2) is 24.3 Å². The van der Waals surface area contributed by atoms with Gasteiger partial charge in [0.1, 0.15) is 5.75 Å². The van der Waals surface area contributed by atoms with Crippen LogP contribution in [-0.4, -0.2) is 35.4 Å². The zero-order valence-corrected chi connectivity index (χ0v) is 8.96. The topological polar surface area (TPSA) is 92.8 Å². The number of hydrogen-bond acceptors (Lipinski definition) is 4. The van der Waals surface area contributed by atoms with Crippen LogP contribution in [0.5, 0.6) is 5.75 Å². The first-order chi connectivity index (χ1) is 7.54. The number of ether oxygens (including phenoxy) is 1. The molecule has 1 rings (SSSR count). The molecule has 0 aliphatic carbocycles. The van der Waals surface area contributed by atoms with E-state index in [4.69, 9.17) is 15.6 Å². The van der Waals surface area contributed by atoms with Crippen molar-refractivity contribution in [1.29, 1.82) is 0 Å². The summed E-state index contributed by atoms with van der Waals surface area (Å²) in [6, 6.07) is 6.27. The van der Waals surface area contributed by atoms with Crippen LogP contribution in [0.4, 0.5) is 0 Å². The van der Waals surface area contributed by atoms with Gasteiger partial charge in [0.25, 0.3) is 0 Å². The molecule has 88 valence electrons. The van der Waals surface area contributed by atoms with Crippen molar-refractivity contribution in [3.63, 3.8) is 0 Å². The lowest BCUT2D eigenvalue weighted by Gasteiger charge is -2.14. The van der Waals surface area contributed by atoms with E-state index < -0.39 is 18.1 Å². The zero-order valence-electron chi connectivity index (χ0n) is 8.96. The highest BCUT2D eigenvalue weighted by Crippen LogP contribution is 2.13. The second-order valence-corrected chi connectivity index (χ2v) is 3.50. The molecule has 0 radical (unpaired) electrons. The van der Waals surface area contributed by atoms with Crippen LogP contribution in [0.1, 0.15) is 5.56 Å². The second kappa shape index (κ2) is 5.48. The number of aliphatic carboxylic acids is 1. The molecular formula is C11H15NO4. The molecule has 0 saturated carbocycles. The number of aliphatic hydroxyl groups excluding tert-OH is 1. The first-order valence-electron chi connectivity index (χ1n) is 4.84. The van der Waals surface area contributed by atoms with E-state index in [-0.39, 0.29) is 0 Å². The zero-order chi connectivity index (χ0) is 12.1. The molecule has 0 spiro atoms. The quantitative estimate of drug-likeness (QED) is 0.656. The van der Waals surface area contributed by atoms with E-state index >= 15 is 0 Å². The Bertz CT molecular complexity index is 350. The number of carboxylic acid groups (broad SMARTS) is 1. The standard InChI is InChI=1S/C11H15NO4/c1-16-8-4-2-7(3-5-8)6-9(12)10(13)11(14)15/h2-5,9-10,13H,6,12H2,1H3,(H,14,15). The third-order valence-electron chi connectivity index (χ3n) is 2.29. The van der Waals surface area contributed by atoms with Crippen LogP contribution in [0.2, 0.25) is 0 Å². The largest absolute Gasteiger partial charge is 0.497 e. The molecule has 0 saturated heterocycles.